The van der Waals surface area contributed by atoms with Crippen molar-refractivity contribution in [2.24, 2.45) is 34.8 Å². The lowest BCUT2D eigenvalue weighted by Crippen LogP contribution is -2.54. The minimum absolute atomic E-state index is 0.0699. The largest absolute Gasteiger partial charge is 0.350 e. The van der Waals surface area contributed by atoms with Crippen LogP contribution in [0.4, 0.5) is 0 Å². The summed E-state index contributed by atoms with van der Waals surface area (Å²) in [6.07, 6.45) is 7.36. The topological polar surface area (TPSA) is 92.7 Å². The Morgan fingerprint density at radius 1 is 1.19 bits per heavy atom. The number of imidazole rings is 1. The van der Waals surface area contributed by atoms with E-state index in [0.29, 0.717) is 66.4 Å². The SMILES string of the molecule is CC1(C)[C@H]2CC[C@@H](CNC(=O)c3cccc4nc(C(=O)N5CCC(CN)CC5)cn34)[C@@H]1C2. The van der Waals surface area contributed by atoms with Crippen molar-refractivity contribution in [3.05, 3.63) is 35.8 Å². The van der Waals surface area contributed by atoms with Gasteiger partial charge < -0.3 is 16.0 Å². The lowest BCUT2D eigenvalue weighted by Gasteiger charge is -2.60. The first kappa shape index (κ1) is 21.4. The molecule has 0 radical (unpaired) electrons. The Kier molecular flexibility index (Phi) is 5.48. The fourth-order valence-corrected chi connectivity index (χ4v) is 6.35. The van der Waals surface area contributed by atoms with Crippen molar-refractivity contribution in [3.8, 4) is 0 Å². The number of pyridine rings is 1. The molecule has 2 aromatic heterocycles. The fraction of sp³-hybridized carbons (Fsp3) is 0.640. The van der Waals surface area contributed by atoms with Crippen molar-refractivity contribution >= 4 is 17.5 Å². The van der Waals surface area contributed by atoms with Crippen molar-refractivity contribution < 1.29 is 9.59 Å². The number of nitrogens with zero attached hydrogens (tertiary/aromatic N) is 3. The molecule has 0 unspecified atom stereocenters. The molecule has 3 heterocycles. The maximum absolute atomic E-state index is 13.1. The molecule has 2 amide bonds. The van der Waals surface area contributed by atoms with E-state index in [4.69, 9.17) is 5.73 Å². The van der Waals surface area contributed by atoms with Crippen LogP contribution in [0.5, 0.6) is 0 Å². The molecule has 3 atom stereocenters. The molecule has 7 nitrogen and oxygen atoms in total. The van der Waals surface area contributed by atoms with Crippen LogP contribution in [-0.4, -0.2) is 52.3 Å². The maximum Gasteiger partial charge on any atom is 0.274 e. The van der Waals surface area contributed by atoms with E-state index in [9.17, 15) is 9.59 Å². The molecule has 4 fully saturated rings. The summed E-state index contributed by atoms with van der Waals surface area (Å²) < 4.78 is 1.75. The number of amides is 2. The number of fused-ring (bicyclic) bond motifs is 3. The van der Waals surface area contributed by atoms with Crippen molar-refractivity contribution in [2.75, 3.05) is 26.2 Å². The predicted octanol–water partition coefficient (Wildman–Crippen LogP) is 2.95. The molecule has 3 saturated carbocycles. The Balaban J connectivity index is 1.28. The smallest absolute Gasteiger partial charge is 0.274 e. The molecule has 3 N–H and O–H groups in total. The van der Waals surface area contributed by atoms with E-state index in [1.165, 1.54) is 19.3 Å². The first-order valence-electron chi connectivity index (χ1n) is 12.1. The zero-order valence-electron chi connectivity index (χ0n) is 19.2. The van der Waals surface area contributed by atoms with Gasteiger partial charge in [0.2, 0.25) is 0 Å². The van der Waals surface area contributed by atoms with Crippen LogP contribution in [0.3, 0.4) is 0 Å². The molecule has 1 aliphatic heterocycles. The van der Waals surface area contributed by atoms with Gasteiger partial charge in [0.1, 0.15) is 17.0 Å². The van der Waals surface area contributed by atoms with Gasteiger partial charge >= 0.3 is 0 Å². The summed E-state index contributed by atoms with van der Waals surface area (Å²) in [6, 6.07) is 5.47. The Morgan fingerprint density at radius 2 is 1.97 bits per heavy atom. The second-order valence-corrected chi connectivity index (χ2v) is 10.6. The Morgan fingerprint density at radius 3 is 2.66 bits per heavy atom. The van der Waals surface area contributed by atoms with Gasteiger partial charge in [-0.1, -0.05) is 19.9 Å². The summed E-state index contributed by atoms with van der Waals surface area (Å²) in [6.45, 7) is 7.57. The zero-order valence-corrected chi connectivity index (χ0v) is 19.2. The maximum atomic E-state index is 13.1. The number of carbonyl (C=O) groups is 2. The van der Waals surface area contributed by atoms with Gasteiger partial charge in [-0.05, 0) is 79.9 Å². The zero-order chi connectivity index (χ0) is 22.5. The molecule has 6 rings (SSSR count). The van der Waals surface area contributed by atoms with E-state index in [0.717, 1.165) is 18.8 Å². The minimum Gasteiger partial charge on any atom is -0.350 e. The van der Waals surface area contributed by atoms with Crippen LogP contribution in [0.2, 0.25) is 0 Å². The van der Waals surface area contributed by atoms with E-state index in [1.54, 1.807) is 16.7 Å². The highest BCUT2D eigenvalue weighted by molar-refractivity contribution is 5.95. The molecule has 2 aromatic rings. The van der Waals surface area contributed by atoms with Crippen LogP contribution in [0.1, 0.15) is 66.9 Å². The summed E-state index contributed by atoms with van der Waals surface area (Å²) in [5.41, 5.74) is 7.72. The van der Waals surface area contributed by atoms with Gasteiger partial charge in [-0.2, -0.15) is 0 Å². The Bertz CT molecular complexity index is 1020. The number of likely N-dealkylation sites (tertiary alicyclic amines) is 1. The number of nitrogens with one attached hydrogen (secondary N) is 1. The first-order chi connectivity index (χ1) is 15.4. The van der Waals surface area contributed by atoms with Gasteiger partial charge in [0.15, 0.2) is 0 Å². The van der Waals surface area contributed by atoms with E-state index in [1.807, 2.05) is 17.0 Å². The van der Waals surface area contributed by atoms with Crippen LogP contribution in [0, 0.1) is 29.1 Å². The quantitative estimate of drug-likeness (QED) is 0.752. The molecule has 2 bridgehead atoms. The Labute approximate surface area is 189 Å². The standard InChI is InChI=1S/C25H35N5O2/c1-25(2)18-7-6-17(19(25)12-18)14-27-23(31)21-4-3-5-22-28-20(15-30(21)22)24(32)29-10-8-16(13-26)9-11-29/h3-5,15-19H,6-14,26H2,1-2H3,(H,27,31)/t17-,18-,19-/m0/s1. The second-order valence-electron chi connectivity index (χ2n) is 10.6. The summed E-state index contributed by atoms with van der Waals surface area (Å²) in [5.74, 6) is 2.44. The van der Waals surface area contributed by atoms with Gasteiger partial charge in [0, 0.05) is 25.8 Å². The number of aromatic nitrogens is 2. The molecule has 0 spiro atoms. The second kappa shape index (κ2) is 8.18. The highest BCUT2D eigenvalue weighted by atomic mass is 16.2. The number of carbonyl (C=O) groups excluding carboxylic acids is 2. The van der Waals surface area contributed by atoms with Gasteiger partial charge in [-0.25, -0.2) is 4.98 Å². The average Bonchev–Trinajstić information content (AvgIpc) is 3.26. The third-order valence-corrected chi connectivity index (χ3v) is 8.71. The molecule has 32 heavy (non-hydrogen) atoms. The van der Waals surface area contributed by atoms with Crippen LogP contribution in [0.15, 0.2) is 24.4 Å². The van der Waals surface area contributed by atoms with Crippen LogP contribution >= 0.6 is 0 Å². The van der Waals surface area contributed by atoms with Crippen LogP contribution in [-0.2, 0) is 0 Å². The summed E-state index contributed by atoms with van der Waals surface area (Å²) in [7, 11) is 0. The van der Waals surface area contributed by atoms with Crippen molar-refractivity contribution in [3.63, 3.8) is 0 Å². The predicted molar refractivity (Wildman–Crippen MR) is 123 cm³/mol. The van der Waals surface area contributed by atoms with Crippen molar-refractivity contribution in [2.45, 2.75) is 46.0 Å². The van der Waals surface area contributed by atoms with E-state index >= 15 is 0 Å². The lowest BCUT2D eigenvalue weighted by atomic mass is 9.45. The van der Waals surface area contributed by atoms with Gasteiger partial charge in [0.05, 0.1) is 0 Å². The van der Waals surface area contributed by atoms with Crippen molar-refractivity contribution in [1.82, 2.24) is 19.6 Å². The summed E-state index contributed by atoms with van der Waals surface area (Å²) in [5, 5.41) is 3.17. The van der Waals surface area contributed by atoms with Gasteiger partial charge in [-0.3, -0.25) is 14.0 Å². The highest BCUT2D eigenvalue weighted by Crippen LogP contribution is 2.61. The molecule has 4 aliphatic rings. The van der Waals surface area contributed by atoms with E-state index in [2.05, 4.69) is 24.1 Å². The minimum atomic E-state index is -0.102. The number of rotatable bonds is 5. The summed E-state index contributed by atoms with van der Waals surface area (Å²) >= 11 is 0. The normalized spacial score (nSPS) is 27.2. The van der Waals surface area contributed by atoms with Gasteiger partial charge in [0.25, 0.3) is 11.8 Å². The first-order valence-corrected chi connectivity index (χ1v) is 12.1. The molecule has 1 saturated heterocycles. The average molecular weight is 438 g/mol. The lowest BCUT2D eigenvalue weighted by molar-refractivity contribution is -0.103. The molecule has 3 aliphatic carbocycles. The van der Waals surface area contributed by atoms with Crippen LogP contribution < -0.4 is 11.1 Å². The van der Waals surface area contributed by atoms with Crippen molar-refractivity contribution in [1.29, 1.82) is 0 Å². The van der Waals surface area contributed by atoms with E-state index in [-0.39, 0.29) is 11.8 Å². The number of piperidine rings is 1. The molecular weight excluding hydrogens is 402 g/mol. The van der Waals surface area contributed by atoms with E-state index < -0.39 is 0 Å². The molecular formula is C25H35N5O2. The number of hydrogen-bond donors (Lipinski definition) is 2. The highest BCUT2D eigenvalue weighted by Gasteiger charge is 2.53. The molecule has 172 valence electrons. The van der Waals surface area contributed by atoms with Gasteiger partial charge in [-0.15, -0.1) is 0 Å². The van der Waals surface area contributed by atoms with Crippen LogP contribution in [0.25, 0.3) is 5.65 Å². The summed E-state index contributed by atoms with van der Waals surface area (Å²) in [4.78, 5) is 32.4. The third kappa shape index (κ3) is 3.60. The Hall–Kier alpha value is -2.41. The number of nitrogens with two attached hydrogens (primary N) is 1. The number of hydrogen-bond acceptors (Lipinski definition) is 4. The molecule has 7 heteroatoms. The molecule has 0 aromatic carbocycles. The third-order valence-electron chi connectivity index (χ3n) is 8.71. The monoisotopic (exact) mass is 437 g/mol. The fourth-order valence-electron chi connectivity index (χ4n) is 6.35.